The van der Waals surface area contributed by atoms with Crippen LogP contribution in [0.15, 0.2) is 18.2 Å². The fourth-order valence-electron chi connectivity index (χ4n) is 4.35. The average Bonchev–Trinajstić information content (AvgIpc) is 2.92. The van der Waals surface area contributed by atoms with E-state index >= 15 is 0 Å². The molecule has 1 aromatic carbocycles. The maximum Gasteiger partial charge on any atom is 0.508 e. The predicted molar refractivity (Wildman–Crippen MR) is 143 cm³/mol. The molecule has 3 N–H and O–H groups in total. The summed E-state index contributed by atoms with van der Waals surface area (Å²) in [4.78, 5) is 49.3. The number of carboxylic acids is 1. The normalized spacial score (nSPS) is 17.7. The van der Waals surface area contributed by atoms with Crippen LogP contribution in [0.25, 0.3) is 0 Å². The van der Waals surface area contributed by atoms with Crippen molar-refractivity contribution in [3.05, 3.63) is 23.8 Å². The lowest BCUT2D eigenvalue weighted by Gasteiger charge is -2.28. The van der Waals surface area contributed by atoms with Gasteiger partial charge in [0, 0.05) is 5.92 Å². The van der Waals surface area contributed by atoms with Crippen molar-refractivity contribution in [2.45, 2.75) is 97.6 Å². The standard InChI is InChI=1S/C29H43NO9/c1-6-17(3)27(33)38-22-14-13-20(15-23(22)39-28(34)18(4)7-2)24(25(30)26(31)32)19(5)16-36-29(35)37-21-11-9-8-10-12-21/h13-15,17-19,21,24-25H,6-12,16,30H2,1-5H3,(H,31,32)/t17?,18?,19?,24?,25-/m0/s1. The largest absolute Gasteiger partial charge is 0.508 e. The number of carboxylic acid groups (broad SMARTS) is 1. The van der Waals surface area contributed by atoms with Crippen LogP contribution in [0.5, 0.6) is 11.5 Å². The molecule has 0 aromatic heterocycles. The highest BCUT2D eigenvalue weighted by atomic mass is 16.7. The SMILES string of the molecule is CCC(C)C(=O)Oc1ccc(C(C(C)COC(=O)OC2CCCCC2)[C@H](N)C(=O)O)cc1OC(=O)C(C)CC. The molecule has 1 fully saturated rings. The fraction of sp³-hybridized carbons (Fsp3) is 0.655. The molecule has 1 aliphatic carbocycles. The zero-order valence-corrected chi connectivity index (χ0v) is 23.6. The zero-order chi connectivity index (χ0) is 29.1. The highest BCUT2D eigenvalue weighted by Crippen LogP contribution is 2.36. The van der Waals surface area contributed by atoms with E-state index in [1.807, 2.05) is 13.8 Å². The number of esters is 2. The minimum atomic E-state index is -1.36. The topological polar surface area (TPSA) is 151 Å². The Morgan fingerprint density at radius 2 is 1.49 bits per heavy atom. The van der Waals surface area contributed by atoms with Gasteiger partial charge in [0.2, 0.25) is 0 Å². The Bertz CT molecular complexity index is 989. The summed E-state index contributed by atoms with van der Waals surface area (Å²) in [6, 6.07) is 3.14. The van der Waals surface area contributed by atoms with Crippen molar-refractivity contribution in [3.63, 3.8) is 0 Å². The summed E-state index contributed by atoms with van der Waals surface area (Å²) in [6.45, 7) is 8.71. The highest BCUT2D eigenvalue weighted by Gasteiger charge is 2.33. The van der Waals surface area contributed by atoms with Crippen molar-refractivity contribution >= 4 is 24.1 Å². The van der Waals surface area contributed by atoms with Crippen LogP contribution in [-0.2, 0) is 23.9 Å². The van der Waals surface area contributed by atoms with Gasteiger partial charge in [0.25, 0.3) is 0 Å². The number of benzene rings is 1. The van der Waals surface area contributed by atoms with Crippen molar-refractivity contribution in [2.75, 3.05) is 6.61 Å². The van der Waals surface area contributed by atoms with E-state index in [-0.39, 0.29) is 30.1 Å². The second-order valence-electron chi connectivity index (χ2n) is 10.5. The molecule has 1 aromatic rings. The summed E-state index contributed by atoms with van der Waals surface area (Å²) in [7, 11) is 0. The summed E-state index contributed by atoms with van der Waals surface area (Å²) >= 11 is 0. The monoisotopic (exact) mass is 549 g/mol. The molecule has 2 rings (SSSR count). The van der Waals surface area contributed by atoms with Gasteiger partial charge in [-0.25, -0.2) is 4.79 Å². The van der Waals surface area contributed by atoms with Gasteiger partial charge in [0.15, 0.2) is 11.5 Å². The van der Waals surface area contributed by atoms with Crippen molar-refractivity contribution < 1.29 is 43.2 Å². The van der Waals surface area contributed by atoms with E-state index in [0.29, 0.717) is 18.4 Å². The molecule has 10 heteroatoms. The quantitative estimate of drug-likeness (QED) is 0.248. The van der Waals surface area contributed by atoms with Gasteiger partial charge in [-0.15, -0.1) is 0 Å². The molecule has 0 radical (unpaired) electrons. The third-order valence-corrected chi connectivity index (χ3v) is 7.37. The molecule has 0 aliphatic heterocycles. The molecule has 39 heavy (non-hydrogen) atoms. The number of hydrogen-bond acceptors (Lipinski definition) is 9. The first-order valence-corrected chi connectivity index (χ1v) is 13.9. The highest BCUT2D eigenvalue weighted by molar-refractivity contribution is 5.79. The van der Waals surface area contributed by atoms with Crippen LogP contribution < -0.4 is 15.2 Å². The van der Waals surface area contributed by atoms with E-state index in [4.69, 9.17) is 24.7 Å². The van der Waals surface area contributed by atoms with Gasteiger partial charge >= 0.3 is 24.1 Å². The lowest BCUT2D eigenvalue weighted by molar-refractivity contribution is -0.141. The van der Waals surface area contributed by atoms with E-state index in [2.05, 4.69) is 0 Å². The molecule has 0 heterocycles. The third kappa shape index (κ3) is 9.53. The second-order valence-corrected chi connectivity index (χ2v) is 10.5. The van der Waals surface area contributed by atoms with Crippen molar-refractivity contribution in [1.29, 1.82) is 0 Å². The van der Waals surface area contributed by atoms with E-state index in [0.717, 1.165) is 32.1 Å². The van der Waals surface area contributed by atoms with Gasteiger partial charge in [-0.2, -0.15) is 0 Å². The maximum atomic E-state index is 12.6. The Morgan fingerprint density at radius 3 is 2.03 bits per heavy atom. The summed E-state index contributed by atoms with van der Waals surface area (Å²) < 4.78 is 21.8. The average molecular weight is 550 g/mol. The molecule has 0 spiro atoms. The molecular weight excluding hydrogens is 506 g/mol. The number of carbonyl (C=O) groups is 4. The number of nitrogens with two attached hydrogens (primary N) is 1. The van der Waals surface area contributed by atoms with Crippen LogP contribution in [0.2, 0.25) is 0 Å². The summed E-state index contributed by atoms with van der Waals surface area (Å²) in [5.74, 6) is -4.37. The summed E-state index contributed by atoms with van der Waals surface area (Å²) in [6.07, 6.45) is 4.83. The minimum Gasteiger partial charge on any atom is -0.480 e. The van der Waals surface area contributed by atoms with Crippen LogP contribution >= 0.6 is 0 Å². The Morgan fingerprint density at radius 1 is 0.923 bits per heavy atom. The first-order chi connectivity index (χ1) is 18.5. The number of carbonyl (C=O) groups excluding carboxylic acids is 3. The van der Waals surface area contributed by atoms with Crippen LogP contribution in [-0.4, -0.2) is 47.9 Å². The Hall–Kier alpha value is -3.14. The van der Waals surface area contributed by atoms with Gasteiger partial charge in [-0.3, -0.25) is 14.4 Å². The second kappa shape index (κ2) is 15.5. The summed E-state index contributed by atoms with van der Waals surface area (Å²) in [5.41, 5.74) is 6.51. The van der Waals surface area contributed by atoms with Crippen molar-refractivity contribution in [1.82, 2.24) is 0 Å². The molecule has 0 amide bonds. The number of ether oxygens (including phenoxy) is 4. The van der Waals surface area contributed by atoms with E-state index in [9.17, 15) is 24.3 Å². The molecule has 10 nitrogen and oxygen atoms in total. The van der Waals surface area contributed by atoms with Crippen LogP contribution in [0.1, 0.15) is 91.0 Å². The smallest absolute Gasteiger partial charge is 0.480 e. The van der Waals surface area contributed by atoms with Gasteiger partial charge in [-0.05, 0) is 62.1 Å². The lowest BCUT2D eigenvalue weighted by Crippen LogP contribution is -2.40. The van der Waals surface area contributed by atoms with Crippen LogP contribution in [0, 0.1) is 17.8 Å². The fourth-order valence-corrected chi connectivity index (χ4v) is 4.35. The van der Waals surface area contributed by atoms with E-state index in [1.54, 1.807) is 26.8 Å². The Balaban J connectivity index is 2.31. The van der Waals surface area contributed by atoms with Gasteiger partial charge in [0.1, 0.15) is 12.1 Å². The van der Waals surface area contributed by atoms with Crippen molar-refractivity contribution in [2.24, 2.45) is 23.5 Å². The molecule has 218 valence electrons. The zero-order valence-electron chi connectivity index (χ0n) is 23.6. The Labute approximate surface area is 230 Å². The lowest BCUT2D eigenvalue weighted by atomic mass is 9.82. The van der Waals surface area contributed by atoms with Crippen LogP contribution in [0.3, 0.4) is 0 Å². The third-order valence-electron chi connectivity index (χ3n) is 7.37. The molecule has 1 aliphatic rings. The summed E-state index contributed by atoms with van der Waals surface area (Å²) in [5, 5.41) is 9.73. The molecular formula is C29H43NO9. The van der Waals surface area contributed by atoms with Crippen molar-refractivity contribution in [3.8, 4) is 11.5 Å². The first-order valence-electron chi connectivity index (χ1n) is 13.9. The van der Waals surface area contributed by atoms with Crippen LogP contribution in [0.4, 0.5) is 4.79 Å². The molecule has 5 atom stereocenters. The molecule has 4 unspecified atom stereocenters. The Kier molecular flexibility index (Phi) is 12.7. The maximum absolute atomic E-state index is 12.6. The minimum absolute atomic E-state index is 0.0122. The van der Waals surface area contributed by atoms with Gasteiger partial charge in [0.05, 0.1) is 18.4 Å². The van der Waals surface area contributed by atoms with E-state index in [1.165, 1.54) is 12.1 Å². The number of aliphatic carboxylic acids is 1. The predicted octanol–water partition coefficient (Wildman–Crippen LogP) is 5.21. The first kappa shape index (κ1) is 32.1. The molecule has 0 bridgehead atoms. The molecule has 0 saturated heterocycles. The van der Waals surface area contributed by atoms with E-state index < -0.39 is 47.9 Å². The molecule has 1 saturated carbocycles. The number of hydrogen-bond donors (Lipinski definition) is 2. The van der Waals surface area contributed by atoms with Gasteiger partial charge < -0.3 is 29.8 Å². The number of rotatable bonds is 13. The van der Waals surface area contributed by atoms with Gasteiger partial charge in [-0.1, -0.05) is 47.1 Å².